The Labute approximate surface area is 94.2 Å². The maximum atomic E-state index is 9.98. The van der Waals surface area contributed by atoms with Crippen LogP contribution in [0, 0.1) is 0 Å². The molecule has 14 heavy (non-hydrogen) atoms. The molecule has 0 rings (SSSR count). The number of carboxylic acid groups (broad SMARTS) is 2. The summed E-state index contributed by atoms with van der Waals surface area (Å²) >= 11 is 0. The van der Waals surface area contributed by atoms with Gasteiger partial charge in [0.1, 0.15) is 0 Å². The van der Waals surface area contributed by atoms with Gasteiger partial charge < -0.3 is 19.8 Å². The fourth-order valence-corrected chi connectivity index (χ4v) is 1.07. The quantitative estimate of drug-likeness (QED) is 0.412. The zero-order chi connectivity index (χ0) is 10.1. The van der Waals surface area contributed by atoms with E-state index in [1.165, 1.54) is 0 Å². The summed E-state index contributed by atoms with van der Waals surface area (Å²) in [5.74, 6) is -2.04. The molecule has 5 heteroatoms. The molecule has 0 aliphatic carbocycles. The van der Waals surface area contributed by atoms with Gasteiger partial charge in [-0.3, -0.25) is 0 Å². The molecule has 0 unspecified atom stereocenters. The number of rotatable bonds is 8. The van der Waals surface area contributed by atoms with Gasteiger partial charge in [-0.15, -0.1) is 0 Å². The van der Waals surface area contributed by atoms with Gasteiger partial charge in [-0.25, -0.2) is 0 Å². The number of carbonyl (C=O) groups is 2. The van der Waals surface area contributed by atoms with Crippen LogP contribution in [0.3, 0.4) is 0 Å². The summed E-state index contributed by atoms with van der Waals surface area (Å²) in [5.41, 5.74) is 0. The smallest absolute Gasteiger partial charge is 0.550 e. The monoisotopic (exact) mass is 242 g/mol. The van der Waals surface area contributed by atoms with Crippen LogP contribution in [0.1, 0.15) is 44.9 Å². The van der Waals surface area contributed by atoms with E-state index in [-0.39, 0.29) is 29.9 Å². The summed E-state index contributed by atoms with van der Waals surface area (Å²) in [6, 6.07) is 0. The molecule has 0 aromatic rings. The van der Waals surface area contributed by atoms with Crippen molar-refractivity contribution in [3.05, 3.63) is 0 Å². The second-order valence-electron chi connectivity index (χ2n) is 3.01. The summed E-state index contributed by atoms with van der Waals surface area (Å²) in [7, 11) is 0. The Morgan fingerprint density at radius 1 is 0.714 bits per heavy atom. The Kier molecular flexibility index (Phi) is 12.0. The van der Waals surface area contributed by atoms with E-state index in [1.807, 2.05) is 0 Å². The van der Waals surface area contributed by atoms with E-state index in [0.29, 0.717) is 12.8 Å². The standard InChI is InChI=1S/C9H16O4.Fe/c10-8(11)6-4-2-1-3-5-7-9(12)13;/h1-7H2,(H,10,11)(H,12,13);/q;+2/p-2. The summed E-state index contributed by atoms with van der Waals surface area (Å²) in [6.07, 6.45) is 3.95. The molecule has 0 bridgehead atoms. The normalized spacial score (nSPS) is 9.14. The SMILES string of the molecule is O=C([O-])CCCCCCCC(=O)[O-].[Fe+2]. The first-order chi connectivity index (χ1) is 6.13. The van der Waals surface area contributed by atoms with Crippen LogP contribution in [-0.2, 0) is 26.7 Å². The van der Waals surface area contributed by atoms with Crippen LogP contribution in [0.2, 0.25) is 0 Å². The topological polar surface area (TPSA) is 80.3 Å². The van der Waals surface area contributed by atoms with Crippen molar-refractivity contribution in [1.82, 2.24) is 0 Å². The van der Waals surface area contributed by atoms with Crippen molar-refractivity contribution >= 4 is 11.9 Å². The summed E-state index contributed by atoms with van der Waals surface area (Å²) in [5, 5.41) is 20.0. The molecule has 0 aromatic heterocycles. The zero-order valence-corrected chi connectivity index (χ0v) is 9.04. The van der Waals surface area contributed by atoms with Gasteiger partial charge >= 0.3 is 17.1 Å². The third kappa shape index (κ3) is 14.0. The van der Waals surface area contributed by atoms with Gasteiger partial charge in [0, 0.05) is 11.9 Å². The minimum Gasteiger partial charge on any atom is -0.550 e. The number of carbonyl (C=O) groups excluding carboxylic acids is 2. The average Bonchev–Trinajstić information content (AvgIpc) is 2.01. The summed E-state index contributed by atoms with van der Waals surface area (Å²) in [6.45, 7) is 0. The van der Waals surface area contributed by atoms with Crippen molar-refractivity contribution in [2.75, 3.05) is 0 Å². The zero-order valence-electron chi connectivity index (χ0n) is 7.94. The Morgan fingerprint density at radius 2 is 1.00 bits per heavy atom. The van der Waals surface area contributed by atoms with E-state index in [0.717, 1.165) is 19.3 Å². The molecule has 0 aliphatic heterocycles. The molecule has 0 N–H and O–H groups in total. The van der Waals surface area contributed by atoms with Crippen molar-refractivity contribution in [3.8, 4) is 0 Å². The number of aliphatic carboxylic acids is 2. The van der Waals surface area contributed by atoms with Crippen molar-refractivity contribution in [1.29, 1.82) is 0 Å². The molecule has 0 spiro atoms. The van der Waals surface area contributed by atoms with Gasteiger partial charge in [-0.1, -0.05) is 19.3 Å². The first kappa shape index (κ1) is 15.9. The van der Waals surface area contributed by atoms with Gasteiger partial charge in [0.25, 0.3) is 0 Å². The number of hydrogen-bond acceptors (Lipinski definition) is 4. The molecule has 0 saturated heterocycles. The van der Waals surface area contributed by atoms with Crippen LogP contribution >= 0.6 is 0 Å². The van der Waals surface area contributed by atoms with Crippen LogP contribution in [0.5, 0.6) is 0 Å². The molecule has 0 aliphatic rings. The second-order valence-corrected chi connectivity index (χ2v) is 3.01. The maximum Gasteiger partial charge on any atom is 2.00 e. The van der Waals surface area contributed by atoms with E-state index in [4.69, 9.17) is 0 Å². The van der Waals surface area contributed by atoms with E-state index < -0.39 is 11.9 Å². The van der Waals surface area contributed by atoms with E-state index in [1.54, 1.807) is 0 Å². The van der Waals surface area contributed by atoms with Gasteiger partial charge in [-0.2, -0.15) is 0 Å². The predicted molar refractivity (Wildman–Crippen MR) is 42.3 cm³/mol. The Balaban J connectivity index is 0. The van der Waals surface area contributed by atoms with Crippen LogP contribution in [0.15, 0.2) is 0 Å². The van der Waals surface area contributed by atoms with Gasteiger partial charge in [0.2, 0.25) is 0 Å². The summed E-state index contributed by atoms with van der Waals surface area (Å²) in [4.78, 5) is 20.0. The predicted octanol–water partition coefficient (Wildman–Crippen LogP) is -0.786. The van der Waals surface area contributed by atoms with Crippen LogP contribution in [0.25, 0.3) is 0 Å². The Hall–Kier alpha value is -0.541. The molecule has 0 atom stereocenters. The van der Waals surface area contributed by atoms with Crippen LogP contribution in [0.4, 0.5) is 0 Å². The third-order valence-electron chi connectivity index (χ3n) is 1.76. The van der Waals surface area contributed by atoms with E-state index in [2.05, 4.69) is 0 Å². The van der Waals surface area contributed by atoms with Crippen LogP contribution < -0.4 is 10.2 Å². The number of hydrogen-bond donors (Lipinski definition) is 0. The molecule has 0 radical (unpaired) electrons. The van der Waals surface area contributed by atoms with E-state index in [9.17, 15) is 19.8 Å². The van der Waals surface area contributed by atoms with Crippen molar-refractivity contribution in [2.45, 2.75) is 44.9 Å². The van der Waals surface area contributed by atoms with Gasteiger partial charge in [0.15, 0.2) is 0 Å². The molecule has 0 heterocycles. The Bertz CT molecular complexity index is 152. The number of carboxylic acids is 2. The fourth-order valence-electron chi connectivity index (χ4n) is 1.07. The molecule has 82 valence electrons. The maximum absolute atomic E-state index is 9.98. The minimum atomic E-state index is -1.02. The number of unbranched alkanes of at least 4 members (excludes halogenated alkanes) is 4. The molecular weight excluding hydrogens is 228 g/mol. The molecule has 0 fully saturated rings. The fraction of sp³-hybridized carbons (Fsp3) is 0.778. The molecule has 0 aromatic carbocycles. The molecule has 0 saturated carbocycles. The average molecular weight is 242 g/mol. The summed E-state index contributed by atoms with van der Waals surface area (Å²) < 4.78 is 0. The van der Waals surface area contributed by atoms with Gasteiger partial charge in [-0.05, 0) is 25.7 Å². The largest absolute Gasteiger partial charge is 2.00 e. The van der Waals surface area contributed by atoms with Crippen molar-refractivity contribution < 1.29 is 36.9 Å². The minimum absolute atomic E-state index is 0. The van der Waals surface area contributed by atoms with Crippen LogP contribution in [-0.4, -0.2) is 11.9 Å². The molecule has 0 amide bonds. The first-order valence-electron chi connectivity index (χ1n) is 4.52. The molecular formula is C9H14FeO4. The van der Waals surface area contributed by atoms with Crippen molar-refractivity contribution in [3.63, 3.8) is 0 Å². The van der Waals surface area contributed by atoms with Crippen molar-refractivity contribution in [2.24, 2.45) is 0 Å². The second kappa shape index (κ2) is 10.5. The van der Waals surface area contributed by atoms with E-state index >= 15 is 0 Å². The first-order valence-corrected chi connectivity index (χ1v) is 4.52. The Morgan fingerprint density at radius 3 is 1.29 bits per heavy atom. The van der Waals surface area contributed by atoms with Gasteiger partial charge in [0.05, 0.1) is 0 Å². The molecule has 4 nitrogen and oxygen atoms in total. The third-order valence-corrected chi connectivity index (χ3v) is 1.76.